The molecule has 1 aromatic rings. The molecule has 2 saturated heterocycles. The van der Waals surface area contributed by atoms with Gasteiger partial charge in [0.25, 0.3) is 11.5 Å². The van der Waals surface area contributed by atoms with Crippen molar-refractivity contribution in [1.82, 2.24) is 9.47 Å². The number of ether oxygens (including phenoxy) is 1. The van der Waals surface area contributed by atoms with Gasteiger partial charge in [-0.05, 0) is 38.3 Å². The van der Waals surface area contributed by atoms with Crippen LogP contribution in [0, 0.1) is 18.3 Å². The molecule has 0 bridgehead atoms. The third-order valence-electron chi connectivity index (χ3n) is 5.73. The van der Waals surface area contributed by atoms with Crippen LogP contribution in [-0.4, -0.2) is 52.0 Å². The Morgan fingerprint density at radius 2 is 1.97 bits per heavy atom. The number of pyridine rings is 1. The summed E-state index contributed by atoms with van der Waals surface area (Å²) in [7, 11) is 0. The van der Waals surface area contributed by atoms with Gasteiger partial charge in [0.1, 0.15) is 21.8 Å². The van der Waals surface area contributed by atoms with Gasteiger partial charge < -0.3 is 9.64 Å². The van der Waals surface area contributed by atoms with Crippen LogP contribution < -0.4 is 10.5 Å². The van der Waals surface area contributed by atoms with E-state index in [1.54, 1.807) is 16.4 Å². The fourth-order valence-corrected chi connectivity index (χ4v) is 5.31. The molecule has 31 heavy (non-hydrogen) atoms. The maximum atomic E-state index is 13.1. The zero-order valence-corrected chi connectivity index (χ0v) is 20.1. The van der Waals surface area contributed by atoms with Gasteiger partial charge in [-0.15, -0.1) is 0 Å². The molecule has 1 amide bonds. The van der Waals surface area contributed by atoms with Crippen molar-refractivity contribution in [3.8, 4) is 6.07 Å². The molecule has 1 aromatic heterocycles. The molecule has 2 fully saturated rings. The predicted molar refractivity (Wildman–Crippen MR) is 128 cm³/mol. The maximum absolute atomic E-state index is 13.1. The Balaban J connectivity index is 2.23. The maximum Gasteiger partial charge on any atom is 0.270 e. The summed E-state index contributed by atoms with van der Waals surface area (Å²) in [5.41, 5.74) is 1.16. The predicted octanol–water partition coefficient (Wildman–Crippen LogP) is 3.27. The molecule has 2 aliphatic heterocycles. The lowest BCUT2D eigenvalue weighted by molar-refractivity contribution is -0.123. The van der Waals surface area contributed by atoms with Gasteiger partial charge in [-0.2, -0.15) is 5.26 Å². The summed E-state index contributed by atoms with van der Waals surface area (Å²) in [5, 5.41) is 9.70. The number of carbonyl (C=O) groups is 1. The Morgan fingerprint density at radius 1 is 1.29 bits per heavy atom. The van der Waals surface area contributed by atoms with Gasteiger partial charge >= 0.3 is 0 Å². The van der Waals surface area contributed by atoms with Crippen LogP contribution in [0.2, 0.25) is 0 Å². The van der Waals surface area contributed by atoms with Gasteiger partial charge in [-0.3, -0.25) is 19.1 Å². The highest BCUT2D eigenvalue weighted by Gasteiger charge is 2.35. The van der Waals surface area contributed by atoms with Gasteiger partial charge in [-0.25, -0.2) is 0 Å². The highest BCUT2D eigenvalue weighted by atomic mass is 32.2. The second-order valence-corrected chi connectivity index (χ2v) is 9.39. The number of amides is 1. The van der Waals surface area contributed by atoms with Gasteiger partial charge in [0.15, 0.2) is 0 Å². The van der Waals surface area contributed by atoms with Gasteiger partial charge in [0.05, 0.1) is 18.1 Å². The van der Waals surface area contributed by atoms with E-state index in [0.717, 1.165) is 24.2 Å². The molecular weight excluding hydrogens is 432 g/mol. The number of nitrogens with zero attached hydrogens (tertiary/aromatic N) is 4. The topological polar surface area (TPSA) is 78.6 Å². The first-order chi connectivity index (χ1) is 14.8. The number of nitriles is 1. The minimum Gasteiger partial charge on any atom is -0.378 e. The van der Waals surface area contributed by atoms with Crippen molar-refractivity contribution in [2.45, 2.75) is 53.1 Å². The number of aromatic nitrogens is 1. The second-order valence-electron chi connectivity index (χ2n) is 7.71. The average Bonchev–Trinajstić information content (AvgIpc) is 3.05. The van der Waals surface area contributed by atoms with E-state index in [2.05, 4.69) is 11.0 Å². The first kappa shape index (κ1) is 23.5. The quantitative estimate of drug-likeness (QED) is 0.476. The lowest BCUT2D eigenvalue weighted by Gasteiger charge is -2.33. The van der Waals surface area contributed by atoms with Crippen molar-refractivity contribution in [2.24, 2.45) is 0 Å². The number of carbonyl (C=O) groups excluding carboxylic acids is 1. The fraction of sp³-hybridized carbons (Fsp3) is 0.545. The summed E-state index contributed by atoms with van der Waals surface area (Å²) in [6, 6.07) is 2.10. The van der Waals surface area contributed by atoms with Gasteiger partial charge in [-0.1, -0.05) is 37.8 Å². The largest absolute Gasteiger partial charge is 0.378 e. The van der Waals surface area contributed by atoms with E-state index in [-0.39, 0.29) is 23.1 Å². The van der Waals surface area contributed by atoms with Gasteiger partial charge in [0.2, 0.25) is 0 Å². The van der Waals surface area contributed by atoms with Crippen LogP contribution >= 0.6 is 24.0 Å². The summed E-state index contributed by atoms with van der Waals surface area (Å²) in [6.07, 6.45) is 3.37. The highest BCUT2D eigenvalue weighted by Crippen LogP contribution is 2.37. The third kappa shape index (κ3) is 4.43. The van der Waals surface area contributed by atoms with E-state index in [0.29, 0.717) is 47.6 Å². The fourth-order valence-electron chi connectivity index (χ4n) is 3.86. The molecule has 0 radical (unpaired) electrons. The van der Waals surface area contributed by atoms with E-state index < -0.39 is 0 Å². The number of anilines is 1. The Bertz CT molecular complexity index is 1020. The summed E-state index contributed by atoms with van der Waals surface area (Å²) in [5.74, 6) is 0.629. The zero-order chi connectivity index (χ0) is 22.7. The van der Waals surface area contributed by atoms with E-state index in [4.69, 9.17) is 17.0 Å². The van der Waals surface area contributed by atoms with Gasteiger partial charge in [0, 0.05) is 31.2 Å². The molecule has 9 heteroatoms. The average molecular weight is 461 g/mol. The molecule has 0 spiro atoms. The van der Waals surface area contributed by atoms with Crippen molar-refractivity contribution >= 4 is 46.1 Å². The number of rotatable bonds is 6. The molecular formula is C22H28N4O3S2. The van der Waals surface area contributed by atoms with Crippen LogP contribution in [0.25, 0.3) is 6.08 Å². The Hall–Kier alpha value is -2.15. The minimum absolute atomic E-state index is 0.0157. The van der Waals surface area contributed by atoms with Crippen molar-refractivity contribution < 1.29 is 9.53 Å². The molecule has 0 aliphatic carbocycles. The number of hydrogen-bond donors (Lipinski definition) is 0. The minimum atomic E-state index is -0.285. The summed E-state index contributed by atoms with van der Waals surface area (Å²) in [4.78, 5) is 30.6. The molecule has 166 valence electrons. The standard InChI is InChI=1S/C22H28N4O3S2/c1-5-7-25-19(24-8-10-29-11-9-24)16(15(4)17(13-23)20(25)27)12-18-21(28)26(14(3)6-2)22(30)31-18/h12,14H,5-11H2,1-4H3. The molecule has 1 unspecified atom stereocenters. The van der Waals surface area contributed by atoms with Crippen molar-refractivity contribution in [3.05, 3.63) is 31.9 Å². The van der Waals surface area contributed by atoms with E-state index >= 15 is 0 Å². The summed E-state index contributed by atoms with van der Waals surface area (Å²) in [6.45, 7) is 10.7. The van der Waals surface area contributed by atoms with Crippen molar-refractivity contribution in [2.75, 3.05) is 31.2 Å². The molecule has 1 atom stereocenters. The SMILES string of the molecule is CCCn1c(N2CCOCC2)c(C=C2SC(=S)N(C(C)CC)C2=O)c(C)c(C#N)c1=O. The van der Waals surface area contributed by atoms with Crippen LogP contribution in [0.4, 0.5) is 5.82 Å². The molecule has 0 saturated carbocycles. The number of morpholine rings is 1. The smallest absolute Gasteiger partial charge is 0.270 e. The van der Waals surface area contributed by atoms with E-state index in [9.17, 15) is 14.9 Å². The monoisotopic (exact) mass is 460 g/mol. The van der Waals surface area contributed by atoms with Crippen LogP contribution in [0.3, 0.4) is 0 Å². The first-order valence-electron chi connectivity index (χ1n) is 10.6. The number of hydrogen-bond acceptors (Lipinski definition) is 7. The summed E-state index contributed by atoms with van der Waals surface area (Å²) < 4.78 is 7.72. The molecule has 3 heterocycles. The van der Waals surface area contributed by atoms with Crippen LogP contribution in [0.15, 0.2) is 9.70 Å². The number of thiocarbonyl (C=S) groups is 1. The normalized spacial score (nSPS) is 19.3. The Kier molecular flexibility index (Phi) is 7.57. The molecule has 0 N–H and O–H groups in total. The lowest BCUT2D eigenvalue weighted by Crippen LogP contribution is -2.41. The van der Waals surface area contributed by atoms with E-state index in [1.807, 2.05) is 26.8 Å². The lowest BCUT2D eigenvalue weighted by atomic mass is 10.0. The zero-order valence-electron chi connectivity index (χ0n) is 18.4. The summed E-state index contributed by atoms with van der Waals surface area (Å²) >= 11 is 6.75. The third-order valence-corrected chi connectivity index (χ3v) is 7.07. The molecule has 7 nitrogen and oxygen atoms in total. The van der Waals surface area contributed by atoms with Crippen molar-refractivity contribution in [3.63, 3.8) is 0 Å². The van der Waals surface area contributed by atoms with Crippen LogP contribution in [0.5, 0.6) is 0 Å². The van der Waals surface area contributed by atoms with E-state index in [1.165, 1.54) is 11.8 Å². The first-order valence-corrected chi connectivity index (χ1v) is 11.8. The Morgan fingerprint density at radius 3 is 2.55 bits per heavy atom. The highest BCUT2D eigenvalue weighted by molar-refractivity contribution is 8.26. The number of thioether (sulfide) groups is 1. The molecule has 3 rings (SSSR count). The molecule has 2 aliphatic rings. The second kappa shape index (κ2) is 9.98. The van der Waals surface area contributed by atoms with Crippen molar-refractivity contribution in [1.29, 1.82) is 5.26 Å². The molecule has 0 aromatic carbocycles. The van der Waals surface area contributed by atoms with Crippen LogP contribution in [0.1, 0.15) is 50.3 Å². The van der Waals surface area contributed by atoms with Crippen LogP contribution in [-0.2, 0) is 16.1 Å². The Labute approximate surface area is 192 Å².